The lowest BCUT2D eigenvalue weighted by molar-refractivity contribution is 0.263. The molecule has 0 amide bonds. The smallest absolute Gasteiger partial charge is 0.193 e. The molecule has 100 valence electrons. The molecular formula is C14H23N3S. The Morgan fingerprint density at radius 1 is 1.44 bits per heavy atom. The topological polar surface area (TPSA) is 29.3 Å². The second-order valence-electron chi connectivity index (χ2n) is 5.92. The third-order valence-electron chi connectivity index (χ3n) is 3.46. The molecule has 2 rings (SSSR count). The minimum Gasteiger partial charge on any atom is -0.316 e. The number of thiazole rings is 1. The molecule has 4 heteroatoms. The van der Waals surface area contributed by atoms with Crippen molar-refractivity contribution >= 4 is 16.3 Å². The number of fused-ring (bicyclic) bond motifs is 1. The molecule has 0 aromatic carbocycles. The molecule has 2 heterocycles. The molecule has 1 unspecified atom stereocenters. The Labute approximate surface area is 113 Å². The van der Waals surface area contributed by atoms with Crippen LogP contribution in [0.1, 0.15) is 39.3 Å². The molecular weight excluding hydrogens is 242 g/mol. The molecule has 2 aromatic heterocycles. The van der Waals surface area contributed by atoms with Crippen LogP contribution in [0.25, 0.3) is 4.96 Å². The highest BCUT2D eigenvalue weighted by Gasteiger charge is 2.22. The zero-order valence-corrected chi connectivity index (χ0v) is 12.5. The van der Waals surface area contributed by atoms with Crippen LogP contribution in [0, 0.1) is 5.41 Å². The van der Waals surface area contributed by atoms with Crippen molar-refractivity contribution < 1.29 is 0 Å². The molecule has 1 N–H and O–H groups in total. The predicted molar refractivity (Wildman–Crippen MR) is 78.3 cm³/mol. The van der Waals surface area contributed by atoms with Crippen LogP contribution in [0.4, 0.5) is 0 Å². The highest BCUT2D eigenvalue weighted by molar-refractivity contribution is 7.15. The van der Waals surface area contributed by atoms with Crippen molar-refractivity contribution in [1.29, 1.82) is 0 Å². The molecule has 0 spiro atoms. The first-order valence-electron chi connectivity index (χ1n) is 6.59. The Kier molecular flexibility index (Phi) is 4.07. The van der Waals surface area contributed by atoms with Gasteiger partial charge < -0.3 is 5.32 Å². The summed E-state index contributed by atoms with van der Waals surface area (Å²) in [6, 6.07) is 0.571. The van der Waals surface area contributed by atoms with E-state index in [0.29, 0.717) is 11.5 Å². The van der Waals surface area contributed by atoms with E-state index in [2.05, 4.69) is 60.3 Å². The molecule has 0 aliphatic carbocycles. The number of rotatable bonds is 5. The van der Waals surface area contributed by atoms with Crippen molar-refractivity contribution in [2.24, 2.45) is 5.41 Å². The molecule has 0 bridgehead atoms. The fourth-order valence-corrected chi connectivity index (χ4v) is 3.11. The van der Waals surface area contributed by atoms with Gasteiger partial charge in [-0.3, -0.25) is 4.40 Å². The van der Waals surface area contributed by atoms with Gasteiger partial charge in [-0.1, -0.05) is 20.8 Å². The summed E-state index contributed by atoms with van der Waals surface area (Å²) in [5, 5.41) is 5.50. The summed E-state index contributed by atoms with van der Waals surface area (Å²) >= 11 is 1.70. The maximum absolute atomic E-state index is 4.62. The van der Waals surface area contributed by atoms with Gasteiger partial charge in [-0.05, 0) is 31.7 Å². The van der Waals surface area contributed by atoms with Crippen LogP contribution in [0.2, 0.25) is 0 Å². The van der Waals surface area contributed by atoms with Crippen LogP contribution >= 0.6 is 11.3 Å². The average molecular weight is 265 g/mol. The Balaban J connectivity index is 1.86. The fraction of sp³-hybridized carbons (Fsp3) is 0.643. The lowest BCUT2D eigenvalue weighted by Gasteiger charge is -2.30. The number of hydrogen-bond acceptors (Lipinski definition) is 3. The number of nitrogens with one attached hydrogen (secondary N) is 1. The molecule has 0 saturated carbocycles. The molecule has 0 aliphatic rings. The van der Waals surface area contributed by atoms with Crippen molar-refractivity contribution in [2.45, 2.75) is 46.1 Å². The van der Waals surface area contributed by atoms with Gasteiger partial charge in [-0.2, -0.15) is 0 Å². The Morgan fingerprint density at radius 2 is 2.22 bits per heavy atom. The number of aryl methyl sites for hydroxylation is 1. The van der Waals surface area contributed by atoms with Gasteiger partial charge in [0.05, 0.1) is 5.69 Å². The van der Waals surface area contributed by atoms with E-state index in [1.807, 2.05) is 0 Å². The van der Waals surface area contributed by atoms with Crippen molar-refractivity contribution in [3.05, 3.63) is 23.5 Å². The van der Waals surface area contributed by atoms with Crippen LogP contribution in [-0.2, 0) is 6.42 Å². The molecule has 0 fully saturated rings. The summed E-state index contributed by atoms with van der Waals surface area (Å²) in [7, 11) is 2.06. The van der Waals surface area contributed by atoms with Gasteiger partial charge in [-0.15, -0.1) is 11.3 Å². The normalized spacial score (nSPS) is 14.2. The summed E-state index contributed by atoms with van der Waals surface area (Å²) in [5.74, 6) is 0. The van der Waals surface area contributed by atoms with Crippen LogP contribution < -0.4 is 5.32 Å². The fourth-order valence-electron chi connectivity index (χ4n) is 2.39. The summed E-state index contributed by atoms with van der Waals surface area (Å²) < 4.78 is 2.11. The zero-order valence-electron chi connectivity index (χ0n) is 11.7. The Bertz CT molecular complexity index is 464. The SMILES string of the molecule is CNC(CCCc1cn2ccsc2n1)C(C)(C)C. The van der Waals surface area contributed by atoms with Crippen molar-refractivity contribution in [1.82, 2.24) is 14.7 Å². The molecule has 0 saturated heterocycles. The first kappa shape index (κ1) is 13.6. The third kappa shape index (κ3) is 3.12. The minimum atomic E-state index is 0.323. The summed E-state index contributed by atoms with van der Waals surface area (Å²) in [5.41, 5.74) is 1.54. The zero-order chi connectivity index (χ0) is 13.2. The van der Waals surface area contributed by atoms with E-state index < -0.39 is 0 Å². The molecule has 2 aromatic rings. The Hall–Kier alpha value is -0.870. The maximum atomic E-state index is 4.62. The van der Waals surface area contributed by atoms with Gasteiger partial charge in [0, 0.05) is 23.8 Å². The molecule has 1 atom stereocenters. The number of imidazole rings is 1. The van der Waals surface area contributed by atoms with E-state index in [-0.39, 0.29) is 0 Å². The molecule has 0 aliphatic heterocycles. The van der Waals surface area contributed by atoms with Gasteiger partial charge in [0.2, 0.25) is 0 Å². The highest BCUT2D eigenvalue weighted by atomic mass is 32.1. The van der Waals surface area contributed by atoms with Crippen molar-refractivity contribution in [3.63, 3.8) is 0 Å². The van der Waals surface area contributed by atoms with E-state index in [1.54, 1.807) is 11.3 Å². The maximum Gasteiger partial charge on any atom is 0.193 e. The lowest BCUT2D eigenvalue weighted by Crippen LogP contribution is -2.37. The first-order chi connectivity index (χ1) is 8.50. The van der Waals surface area contributed by atoms with Gasteiger partial charge in [0.1, 0.15) is 0 Å². The minimum absolute atomic E-state index is 0.323. The average Bonchev–Trinajstić information content (AvgIpc) is 2.82. The summed E-state index contributed by atoms with van der Waals surface area (Å²) in [4.78, 5) is 5.72. The van der Waals surface area contributed by atoms with Crippen LogP contribution in [0.3, 0.4) is 0 Å². The van der Waals surface area contributed by atoms with Crippen molar-refractivity contribution in [2.75, 3.05) is 7.05 Å². The largest absolute Gasteiger partial charge is 0.316 e. The van der Waals surface area contributed by atoms with Crippen LogP contribution in [-0.4, -0.2) is 22.5 Å². The van der Waals surface area contributed by atoms with Gasteiger partial charge in [-0.25, -0.2) is 4.98 Å². The summed E-state index contributed by atoms with van der Waals surface area (Å²) in [6.07, 6.45) is 7.68. The molecule has 18 heavy (non-hydrogen) atoms. The van der Waals surface area contributed by atoms with Gasteiger partial charge in [0.25, 0.3) is 0 Å². The monoisotopic (exact) mass is 265 g/mol. The van der Waals surface area contributed by atoms with Gasteiger partial charge in [0.15, 0.2) is 4.96 Å². The quantitative estimate of drug-likeness (QED) is 0.898. The lowest BCUT2D eigenvalue weighted by atomic mass is 9.84. The van der Waals surface area contributed by atoms with Gasteiger partial charge >= 0.3 is 0 Å². The van der Waals surface area contributed by atoms with E-state index in [9.17, 15) is 0 Å². The summed E-state index contributed by atoms with van der Waals surface area (Å²) in [6.45, 7) is 6.88. The predicted octanol–water partition coefficient (Wildman–Crippen LogP) is 3.35. The Morgan fingerprint density at radius 3 is 2.83 bits per heavy atom. The second kappa shape index (κ2) is 5.41. The third-order valence-corrected chi connectivity index (χ3v) is 4.23. The van der Waals surface area contributed by atoms with E-state index in [0.717, 1.165) is 11.4 Å². The molecule has 3 nitrogen and oxygen atoms in total. The van der Waals surface area contributed by atoms with Crippen LogP contribution in [0.15, 0.2) is 17.8 Å². The number of nitrogens with zero attached hydrogens (tertiary/aromatic N) is 2. The highest BCUT2D eigenvalue weighted by Crippen LogP contribution is 2.23. The van der Waals surface area contributed by atoms with Crippen LogP contribution in [0.5, 0.6) is 0 Å². The standard InChI is InChI=1S/C14H23N3S/c1-14(2,3)12(15-4)7-5-6-11-10-17-8-9-18-13(17)16-11/h8-10,12,15H,5-7H2,1-4H3. The molecule has 0 radical (unpaired) electrons. The second-order valence-corrected chi connectivity index (χ2v) is 6.80. The van der Waals surface area contributed by atoms with E-state index >= 15 is 0 Å². The first-order valence-corrected chi connectivity index (χ1v) is 7.47. The van der Waals surface area contributed by atoms with Crippen molar-refractivity contribution in [3.8, 4) is 0 Å². The number of hydrogen-bond donors (Lipinski definition) is 1. The van der Waals surface area contributed by atoms with E-state index in [1.165, 1.54) is 18.5 Å². The van der Waals surface area contributed by atoms with E-state index in [4.69, 9.17) is 0 Å². The number of aromatic nitrogens is 2.